The van der Waals surface area contributed by atoms with Crippen molar-refractivity contribution >= 4 is 77.1 Å². The van der Waals surface area contributed by atoms with Gasteiger partial charge in [-0.3, -0.25) is 9.97 Å². The second kappa shape index (κ2) is 16.3. The van der Waals surface area contributed by atoms with Gasteiger partial charge in [0.25, 0.3) is 0 Å². The van der Waals surface area contributed by atoms with Gasteiger partial charge >= 0.3 is 0 Å². The number of aryl methyl sites for hydroxylation is 2. The van der Waals surface area contributed by atoms with Gasteiger partial charge in [0, 0.05) is 44.3 Å². The van der Waals surface area contributed by atoms with Crippen molar-refractivity contribution in [2.24, 2.45) is 0 Å². The van der Waals surface area contributed by atoms with E-state index < -0.39 is 19.7 Å². The average molecular weight is 824 g/mol. The fraction of sp³-hybridized carbons (Fsp3) is 0.0455. The molecule has 0 spiro atoms. The molecule has 11 heteroatoms. The second-order valence-electron chi connectivity index (χ2n) is 12.7. The Morgan fingerprint density at radius 3 is 1.11 bits per heavy atom. The summed E-state index contributed by atoms with van der Waals surface area (Å²) in [6.07, 6.45) is 2.89. The first-order chi connectivity index (χ1) is 25.9. The summed E-state index contributed by atoms with van der Waals surface area (Å²) in [4.78, 5) is 9.65. The van der Waals surface area contributed by atoms with Gasteiger partial charge in [-0.05, 0) is 85.6 Å². The maximum absolute atomic E-state index is 13.4. The average Bonchev–Trinajstić information content (AvgIpc) is 3.18. The van der Waals surface area contributed by atoms with Gasteiger partial charge in [0.1, 0.15) is 0 Å². The van der Waals surface area contributed by atoms with E-state index in [1.165, 1.54) is 12.4 Å². The first-order valence-electron chi connectivity index (χ1n) is 16.8. The number of aromatic nitrogens is 2. The van der Waals surface area contributed by atoms with Crippen LogP contribution < -0.4 is 0 Å². The predicted octanol–water partition coefficient (Wildman–Crippen LogP) is 11.8. The Balaban J connectivity index is 0.000000184. The third kappa shape index (κ3) is 8.15. The molecule has 0 N–H and O–H groups in total. The minimum absolute atomic E-state index is 0. The van der Waals surface area contributed by atoms with E-state index in [4.69, 9.17) is 23.2 Å². The van der Waals surface area contributed by atoms with Crippen molar-refractivity contribution in [3.05, 3.63) is 179 Å². The van der Waals surface area contributed by atoms with Gasteiger partial charge in [-0.25, -0.2) is 16.8 Å². The number of fused-ring (bicyclic) bond motifs is 2. The zero-order chi connectivity index (χ0) is 38.0. The molecular formula is C44H33Cl3N2O4S2. The number of nitrogens with zero attached hydrogens (tertiary/aromatic N) is 2. The molecule has 0 saturated carbocycles. The highest BCUT2D eigenvalue weighted by molar-refractivity contribution is 7.92. The maximum atomic E-state index is 13.4. The molecule has 276 valence electrons. The molecule has 0 amide bonds. The molecule has 0 aliphatic heterocycles. The van der Waals surface area contributed by atoms with Crippen molar-refractivity contribution in [2.45, 2.75) is 33.4 Å². The Bertz CT molecular complexity index is 2670. The Labute approximate surface area is 336 Å². The third-order valence-corrected chi connectivity index (χ3v) is 13.1. The van der Waals surface area contributed by atoms with Crippen LogP contribution in [0, 0.1) is 13.8 Å². The summed E-state index contributed by atoms with van der Waals surface area (Å²) >= 11 is 12.1. The van der Waals surface area contributed by atoms with Crippen molar-refractivity contribution in [1.29, 1.82) is 0 Å². The number of benzene rings is 6. The highest BCUT2D eigenvalue weighted by Crippen LogP contribution is 2.38. The Morgan fingerprint density at radius 1 is 0.436 bits per heavy atom. The molecule has 2 aromatic heterocycles. The van der Waals surface area contributed by atoms with Crippen molar-refractivity contribution in [2.75, 3.05) is 0 Å². The lowest BCUT2D eigenvalue weighted by Gasteiger charge is -2.14. The zero-order valence-electron chi connectivity index (χ0n) is 29.5. The Kier molecular flexibility index (Phi) is 11.8. The van der Waals surface area contributed by atoms with Crippen LogP contribution in [-0.2, 0) is 19.7 Å². The number of para-hydroxylation sites is 2. The monoisotopic (exact) mass is 822 g/mol. The van der Waals surface area contributed by atoms with Gasteiger partial charge in [0.2, 0.25) is 19.7 Å². The topological polar surface area (TPSA) is 94.1 Å². The number of hydrogen-bond donors (Lipinski definition) is 0. The maximum Gasteiger partial charge on any atom is 0.208 e. The summed E-state index contributed by atoms with van der Waals surface area (Å²) < 4.78 is 53.5. The van der Waals surface area contributed by atoms with Crippen LogP contribution in [0.5, 0.6) is 0 Å². The van der Waals surface area contributed by atoms with Gasteiger partial charge in [0.05, 0.1) is 30.6 Å². The number of rotatable bonds is 6. The first kappa shape index (κ1) is 39.6. The molecule has 8 aromatic rings. The molecule has 0 aliphatic rings. The quantitative estimate of drug-likeness (QED) is 0.166. The van der Waals surface area contributed by atoms with Gasteiger partial charge in [-0.2, -0.15) is 0 Å². The fourth-order valence-electron chi connectivity index (χ4n) is 6.17. The van der Waals surface area contributed by atoms with E-state index in [1.54, 1.807) is 72.8 Å². The van der Waals surface area contributed by atoms with E-state index in [-0.39, 0.29) is 32.0 Å². The highest BCUT2D eigenvalue weighted by Gasteiger charge is 2.26. The van der Waals surface area contributed by atoms with Crippen molar-refractivity contribution in [3.63, 3.8) is 0 Å². The van der Waals surface area contributed by atoms with E-state index in [0.717, 1.165) is 44.1 Å². The molecule has 6 nitrogen and oxygen atoms in total. The lowest BCUT2D eigenvalue weighted by Crippen LogP contribution is -2.05. The molecule has 8 rings (SSSR count). The molecule has 55 heavy (non-hydrogen) atoms. The molecule has 2 heterocycles. The summed E-state index contributed by atoms with van der Waals surface area (Å²) in [5, 5.41) is 2.76. The summed E-state index contributed by atoms with van der Waals surface area (Å²) in [6, 6.07) is 43.1. The van der Waals surface area contributed by atoms with Crippen LogP contribution in [-0.4, -0.2) is 26.8 Å². The van der Waals surface area contributed by atoms with E-state index in [1.807, 2.05) is 86.6 Å². The summed E-state index contributed by atoms with van der Waals surface area (Å²) in [5.74, 6) is 0. The van der Waals surface area contributed by atoms with Crippen LogP contribution in [0.1, 0.15) is 11.1 Å². The fourth-order valence-corrected chi connectivity index (χ4v) is 9.30. The largest absolute Gasteiger partial charge is 0.255 e. The van der Waals surface area contributed by atoms with E-state index >= 15 is 0 Å². The molecule has 0 atom stereocenters. The molecular weight excluding hydrogens is 791 g/mol. The molecule has 0 fully saturated rings. The molecule has 0 aliphatic carbocycles. The lowest BCUT2D eigenvalue weighted by molar-refractivity contribution is 0.594. The van der Waals surface area contributed by atoms with Crippen LogP contribution in [0.2, 0.25) is 10.0 Å². The standard InChI is InChI=1S/2C22H16ClNO2S.ClH/c2*1-15-6-12-18(13-7-15)27(25,26)21-14-24-20-5-3-2-4-19(20)22(21)16-8-10-17(23)11-9-16;/h2*2-14H,1H3;1H. The predicted molar refractivity (Wildman–Crippen MR) is 225 cm³/mol. The number of halogens is 3. The van der Waals surface area contributed by atoms with Gasteiger partial charge in [-0.15, -0.1) is 12.4 Å². The molecule has 0 radical (unpaired) electrons. The molecule has 0 unspecified atom stereocenters. The van der Waals surface area contributed by atoms with Gasteiger partial charge < -0.3 is 0 Å². The van der Waals surface area contributed by atoms with Crippen LogP contribution in [0.3, 0.4) is 0 Å². The minimum atomic E-state index is -3.73. The van der Waals surface area contributed by atoms with Gasteiger partial charge in [0.15, 0.2) is 0 Å². The number of pyridine rings is 2. The Morgan fingerprint density at radius 2 is 0.764 bits per heavy atom. The summed E-state index contributed by atoms with van der Waals surface area (Å²) in [5.41, 5.74) is 6.32. The first-order valence-corrected chi connectivity index (χ1v) is 20.6. The van der Waals surface area contributed by atoms with E-state index in [2.05, 4.69) is 9.97 Å². The van der Waals surface area contributed by atoms with Crippen molar-refractivity contribution < 1.29 is 16.8 Å². The minimum Gasteiger partial charge on any atom is -0.255 e. The normalized spacial score (nSPS) is 11.4. The van der Waals surface area contributed by atoms with Crippen LogP contribution >= 0.6 is 35.6 Å². The SMILES string of the molecule is Cc1ccc(S(=O)(=O)c2cnc3ccccc3c2-c2ccc(Cl)cc2)cc1.Cc1ccc(S(=O)(=O)c2cnc3ccccc3c2-c2ccc(Cl)cc2)cc1.Cl. The van der Waals surface area contributed by atoms with Gasteiger partial charge in [-0.1, -0.05) is 119 Å². The molecule has 0 saturated heterocycles. The Hall–Kier alpha value is -5.09. The smallest absolute Gasteiger partial charge is 0.208 e. The number of sulfone groups is 2. The van der Waals surface area contributed by atoms with Crippen LogP contribution in [0.15, 0.2) is 178 Å². The van der Waals surface area contributed by atoms with Crippen molar-refractivity contribution in [1.82, 2.24) is 9.97 Å². The number of hydrogen-bond acceptors (Lipinski definition) is 6. The third-order valence-electron chi connectivity index (χ3n) is 8.99. The summed E-state index contributed by atoms with van der Waals surface area (Å²) in [6.45, 7) is 3.85. The van der Waals surface area contributed by atoms with Crippen molar-refractivity contribution in [3.8, 4) is 22.3 Å². The second-order valence-corrected chi connectivity index (χ2v) is 17.4. The molecule has 6 aromatic carbocycles. The zero-order valence-corrected chi connectivity index (χ0v) is 33.5. The van der Waals surface area contributed by atoms with E-state index in [9.17, 15) is 16.8 Å². The van der Waals surface area contributed by atoms with Crippen LogP contribution in [0.4, 0.5) is 0 Å². The highest BCUT2D eigenvalue weighted by atomic mass is 35.5. The lowest BCUT2D eigenvalue weighted by atomic mass is 10.0. The molecule has 0 bridgehead atoms. The summed E-state index contributed by atoms with van der Waals surface area (Å²) in [7, 11) is -7.46. The van der Waals surface area contributed by atoms with Crippen LogP contribution in [0.25, 0.3) is 44.1 Å². The van der Waals surface area contributed by atoms with E-state index in [0.29, 0.717) is 21.2 Å².